The molecule has 1 saturated carbocycles. The molecule has 0 aliphatic heterocycles. The highest BCUT2D eigenvalue weighted by Crippen LogP contribution is 2.26. The minimum Gasteiger partial charge on any atom is -0.475 e. The summed E-state index contributed by atoms with van der Waals surface area (Å²) in [5.41, 5.74) is 5.72. The van der Waals surface area contributed by atoms with E-state index in [0.717, 1.165) is 31.9 Å². The van der Waals surface area contributed by atoms with E-state index in [4.69, 9.17) is 15.6 Å². The van der Waals surface area contributed by atoms with Crippen LogP contribution in [0.15, 0.2) is 0 Å². The highest BCUT2D eigenvalue weighted by Gasteiger charge is 2.38. The number of sulfone groups is 1. The van der Waals surface area contributed by atoms with Crippen molar-refractivity contribution in [3.8, 4) is 0 Å². The quantitative estimate of drug-likeness (QED) is 0.693. The molecule has 0 aromatic heterocycles. The van der Waals surface area contributed by atoms with Crippen LogP contribution in [0.4, 0.5) is 13.2 Å². The second-order valence-electron chi connectivity index (χ2n) is 5.14. The summed E-state index contributed by atoms with van der Waals surface area (Å²) < 4.78 is 53.7. The summed E-state index contributed by atoms with van der Waals surface area (Å²) in [5.74, 6) is -2.76. The van der Waals surface area contributed by atoms with Gasteiger partial charge in [0.05, 0.1) is 11.9 Å². The van der Waals surface area contributed by atoms with Crippen molar-refractivity contribution in [2.24, 2.45) is 11.7 Å². The van der Waals surface area contributed by atoms with Gasteiger partial charge in [-0.05, 0) is 31.6 Å². The van der Waals surface area contributed by atoms with E-state index in [1.54, 1.807) is 0 Å². The van der Waals surface area contributed by atoms with Gasteiger partial charge in [0.25, 0.3) is 0 Å². The number of carbonyl (C=O) groups is 1. The summed E-state index contributed by atoms with van der Waals surface area (Å²) in [6, 6.07) is 0.233. The zero-order valence-electron chi connectivity index (χ0n) is 11.5. The number of alkyl halides is 3. The maximum Gasteiger partial charge on any atom is 0.490 e. The first-order chi connectivity index (χ1) is 9.33. The molecule has 0 aromatic rings. The van der Waals surface area contributed by atoms with Gasteiger partial charge in [0.2, 0.25) is 0 Å². The normalized spacial score (nSPS) is 24.7. The number of carboxylic acids is 1. The van der Waals surface area contributed by atoms with Crippen LogP contribution in [0.2, 0.25) is 0 Å². The maximum atomic E-state index is 11.0. The molecule has 0 saturated heterocycles. The van der Waals surface area contributed by atoms with E-state index in [2.05, 4.69) is 0 Å². The molecule has 6 nitrogen and oxygen atoms in total. The van der Waals surface area contributed by atoms with Gasteiger partial charge in [-0.1, -0.05) is 0 Å². The fraction of sp³-hybridized carbons (Fsp3) is 0.909. The van der Waals surface area contributed by atoms with Crippen molar-refractivity contribution < 1.29 is 36.6 Å². The van der Waals surface area contributed by atoms with Crippen LogP contribution in [-0.2, 0) is 14.6 Å². The third-order valence-electron chi connectivity index (χ3n) is 3.08. The predicted molar refractivity (Wildman–Crippen MR) is 69.3 cm³/mol. The van der Waals surface area contributed by atoms with Crippen LogP contribution in [0.1, 0.15) is 25.7 Å². The number of aliphatic hydroxyl groups excluding tert-OH is 1. The largest absolute Gasteiger partial charge is 0.490 e. The molecule has 0 heterocycles. The SMILES string of the molecule is CS(=O)(=O)CC(O)[C@H]1CC[C@H](N)CC1.O=C(O)C(F)(F)F. The van der Waals surface area contributed by atoms with Crippen molar-refractivity contribution >= 4 is 15.8 Å². The van der Waals surface area contributed by atoms with Crippen LogP contribution in [0.3, 0.4) is 0 Å². The third kappa shape index (κ3) is 9.64. The van der Waals surface area contributed by atoms with Crippen molar-refractivity contribution in [3.05, 3.63) is 0 Å². The number of aliphatic hydroxyl groups is 1. The third-order valence-corrected chi connectivity index (χ3v) is 4.02. The molecule has 1 rings (SSSR count). The van der Waals surface area contributed by atoms with Gasteiger partial charge in [-0.3, -0.25) is 0 Å². The van der Waals surface area contributed by atoms with Gasteiger partial charge >= 0.3 is 12.1 Å². The molecule has 0 radical (unpaired) electrons. The first kappa shape index (κ1) is 20.1. The van der Waals surface area contributed by atoms with Crippen molar-refractivity contribution in [2.45, 2.75) is 44.0 Å². The zero-order valence-corrected chi connectivity index (χ0v) is 12.3. The molecule has 0 spiro atoms. The molecule has 4 N–H and O–H groups in total. The number of halogens is 3. The summed E-state index contributed by atoms with van der Waals surface area (Å²) in [6.45, 7) is 0. The molecule has 0 aromatic carbocycles. The van der Waals surface area contributed by atoms with Crippen molar-refractivity contribution in [1.29, 1.82) is 0 Å². The van der Waals surface area contributed by atoms with E-state index in [9.17, 15) is 26.7 Å². The molecular formula is C11H20F3NO5S. The van der Waals surface area contributed by atoms with Crippen LogP contribution < -0.4 is 5.73 Å². The van der Waals surface area contributed by atoms with Gasteiger partial charge in [-0.25, -0.2) is 13.2 Å². The predicted octanol–water partition coefficient (Wildman–Crippen LogP) is 0.543. The van der Waals surface area contributed by atoms with Gasteiger partial charge in [-0.2, -0.15) is 13.2 Å². The highest BCUT2D eigenvalue weighted by molar-refractivity contribution is 7.90. The van der Waals surface area contributed by atoms with E-state index in [-0.39, 0.29) is 17.7 Å². The Morgan fingerprint density at radius 2 is 1.67 bits per heavy atom. The molecule has 1 atom stereocenters. The van der Waals surface area contributed by atoms with E-state index in [1.165, 1.54) is 0 Å². The van der Waals surface area contributed by atoms with Gasteiger partial charge in [0.15, 0.2) is 0 Å². The lowest BCUT2D eigenvalue weighted by molar-refractivity contribution is -0.192. The number of carboxylic acid groups (broad SMARTS) is 1. The molecular weight excluding hydrogens is 315 g/mol. The van der Waals surface area contributed by atoms with Gasteiger partial charge in [0, 0.05) is 12.3 Å². The fourth-order valence-corrected chi connectivity index (χ4v) is 2.87. The standard InChI is InChI=1S/C9H19NO3S.C2HF3O2/c1-14(12,13)6-9(11)7-2-4-8(10)5-3-7;3-2(4,5)1(6)7/h7-9,11H,2-6,10H2,1H3;(H,6,7)/t7-,8-,9?;. The first-order valence-corrected chi connectivity index (χ1v) is 8.30. The van der Waals surface area contributed by atoms with Crippen molar-refractivity contribution in [1.82, 2.24) is 0 Å². The highest BCUT2D eigenvalue weighted by atomic mass is 32.2. The van der Waals surface area contributed by atoms with Crippen LogP contribution in [0, 0.1) is 5.92 Å². The number of hydrogen-bond acceptors (Lipinski definition) is 5. The topological polar surface area (TPSA) is 118 Å². The maximum absolute atomic E-state index is 11.0. The van der Waals surface area contributed by atoms with E-state index in [0.29, 0.717) is 0 Å². The average molecular weight is 335 g/mol. The Hall–Kier alpha value is -0.870. The van der Waals surface area contributed by atoms with E-state index < -0.39 is 28.1 Å². The molecule has 21 heavy (non-hydrogen) atoms. The van der Waals surface area contributed by atoms with Gasteiger partial charge in [-0.15, -0.1) is 0 Å². The number of aliphatic carboxylic acids is 1. The molecule has 1 aliphatic rings. The lowest BCUT2D eigenvalue weighted by atomic mass is 9.83. The minimum atomic E-state index is -5.08. The molecule has 0 amide bonds. The Labute approximate surface area is 121 Å². The number of nitrogens with two attached hydrogens (primary N) is 1. The minimum absolute atomic E-state index is 0.115. The Morgan fingerprint density at radius 1 is 1.29 bits per heavy atom. The van der Waals surface area contributed by atoms with E-state index in [1.807, 2.05) is 0 Å². The average Bonchev–Trinajstić information content (AvgIpc) is 2.26. The monoisotopic (exact) mass is 335 g/mol. The first-order valence-electron chi connectivity index (χ1n) is 6.24. The molecule has 1 aliphatic carbocycles. The molecule has 10 heteroatoms. The molecule has 1 fully saturated rings. The van der Waals surface area contributed by atoms with Crippen LogP contribution in [0.25, 0.3) is 0 Å². The van der Waals surface area contributed by atoms with Crippen molar-refractivity contribution in [3.63, 3.8) is 0 Å². The summed E-state index contributed by atoms with van der Waals surface area (Å²) >= 11 is 0. The molecule has 0 bridgehead atoms. The van der Waals surface area contributed by atoms with E-state index >= 15 is 0 Å². The van der Waals surface area contributed by atoms with Crippen LogP contribution in [-0.4, -0.2) is 54.9 Å². The van der Waals surface area contributed by atoms with Crippen LogP contribution in [0.5, 0.6) is 0 Å². The Balaban J connectivity index is 0.000000486. The van der Waals surface area contributed by atoms with Crippen LogP contribution >= 0.6 is 0 Å². The second-order valence-corrected chi connectivity index (χ2v) is 7.32. The lowest BCUT2D eigenvalue weighted by Crippen LogP contribution is -2.35. The van der Waals surface area contributed by atoms with Gasteiger partial charge in [0.1, 0.15) is 9.84 Å². The Kier molecular flexibility index (Phi) is 7.62. The zero-order chi connectivity index (χ0) is 16.8. The molecule has 1 unspecified atom stereocenters. The Morgan fingerprint density at radius 3 is 1.95 bits per heavy atom. The lowest BCUT2D eigenvalue weighted by Gasteiger charge is -2.29. The summed E-state index contributed by atoms with van der Waals surface area (Å²) in [7, 11) is -3.07. The van der Waals surface area contributed by atoms with Gasteiger partial charge < -0.3 is 15.9 Å². The fourth-order valence-electron chi connectivity index (χ4n) is 1.98. The Bertz CT molecular complexity index is 430. The summed E-state index contributed by atoms with van der Waals surface area (Å²) in [5, 5.41) is 16.8. The summed E-state index contributed by atoms with van der Waals surface area (Å²) in [6.07, 6.45) is -1.16. The number of hydrogen-bond donors (Lipinski definition) is 3. The molecule has 126 valence electrons. The number of rotatable bonds is 3. The van der Waals surface area contributed by atoms with Crippen molar-refractivity contribution in [2.75, 3.05) is 12.0 Å². The second kappa shape index (κ2) is 7.95. The smallest absolute Gasteiger partial charge is 0.475 e. The summed E-state index contributed by atoms with van der Waals surface area (Å²) in [4.78, 5) is 8.90.